The molecule has 8 heteroatoms. The summed E-state index contributed by atoms with van der Waals surface area (Å²) >= 11 is 4.60. The second-order valence-electron chi connectivity index (χ2n) is 2.39. The molecule has 0 bridgehead atoms. The number of nitrogens with two attached hydrogens (primary N) is 1. The predicted octanol–water partition coefficient (Wildman–Crippen LogP) is -5.36. The molecule has 0 unspecified atom stereocenters. The normalized spacial score (nSPS) is 8.94. The molecule has 0 aromatic carbocycles. The van der Waals surface area contributed by atoms with Crippen molar-refractivity contribution in [3.05, 3.63) is 30.1 Å². The molecule has 4 nitrogen and oxygen atoms in total. The Morgan fingerprint density at radius 3 is 2.50 bits per heavy atom. The van der Waals surface area contributed by atoms with Crippen LogP contribution in [0.3, 0.4) is 0 Å². The standard InChI is InChI=1S/C8H10N4S.2ClH.Mn/c1-6(11-12-8(9)13)7-4-2-3-5-10-7;;;/h2-5H,1H3,(H3,9,12,13);2*1H;/q;;;+2/p-2/b11-6+;;;. The van der Waals surface area contributed by atoms with E-state index in [0.717, 1.165) is 11.4 Å². The number of hydrazone groups is 1. The molecule has 3 N–H and O–H groups in total. The molecule has 0 saturated heterocycles. The van der Waals surface area contributed by atoms with Crippen LogP contribution in [-0.4, -0.2) is 15.8 Å². The van der Waals surface area contributed by atoms with Gasteiger partial charge in [0.25, 0.3) is 0 Å². The summed E-state index contributed by atoms with van der Waals surface area (Å²) < 4.78 is 0. The number of aromatic nitrogens is 1. The van der Waals surface area contributed by atoms with Crippen LogP contribution in [0.2, 0.25) is 0 Å². The number of nitrogens with one attached hydrogen (secondary N) is 1. The third-order valence-corrected chi connectivity index (χ3v) is 1.46. The van der Waals surface area contributed by atoms with Gasteiger partial charge in [-0.1, -0.05) is 6.07 Å². The van der Waals surface area contributed by atoms with Crippen molar-refractivity contribution in [3.8, 4) is 0 Å². The van der Waals surface area contributed by atoms with E-state index in [0.29, 0.717) is 0 Å². The molecule has 89 valence electrons. The average molecular weight is 320 g/mol. The zero-order chi connectivity index (χ0) is 9.68. The van der Waals surface area contributed by atoms with E-state index in [-0.39, 0.29) is 47.0 Å². The SMILES string of the molecule is C/C(=N\NC(N)=S)c1ccccn1.[Cl-].[Cl-].[Mn+2]. The van der Waals surface area contributed by atoms with Crippen molar-refractivity contribution in [3.63, 3.8) is 0 Å². The second kappa shape index (κ2) is 11.1. The van der Waals surface area contributed by atoms with Crippen molar-refractivity contribution in [2.45, 2.75) is 6.92 Å². The molecule has 0 saturated carbocycles. The van der Waals surface area contributed by atoms with E-state index in [1.54, 1.807) is 6.20 Å². The van der Waals surface area contributed by atoms with Gasteiger partial charge in [-0.15, -0.1) is 0 Å². The van der Waals surface area contributed by atoms with Gasteiger partial charge in [0, 0.05) is 6.20 Å². The van der Waals surface area contributed by atoms with Crippen molar-refractivity contribution < 1.29 is 41.9 Å². The van der Waals surface area contributed by atoms with Crippen molar-refractivity contribution in [1.29, 1.82) is 0 Å². The first-order chi connectivity index (χ1) is 6.20. The minimum atomic E-state index is 0. The fraction of sp³-hybridized carbons (Fsp3) is 0.125. The number of pyridine rings is 1. The van der Waals surface area contributed by atoms with Crippen LogP contribution in [0.4, 0.5) is 0 Å². The maximum atomic E-state index is 5.21. The zero-order valence-corrected chi connectivity index (χ0v) is 11.8. The summed E-state index contributed by atoms with van der Waals surface area (Å²) in [6.45, 7) is 1.83. The van der Waals surface area contributed by atoms with E-state index in [9.17, 15) is 0 Å². The number of nitrogens with zero attached hydrogens (tertiary/aromatic N) is 2. The first-order valence-electron chi connectivity index (χ1n) is 3.71. The van der Waals surface area contributed by atoms with Gasteiger partial charge in [-0.3, -0.25) is 10.4 Å². The molecule has 0 atom stereocenters. The van der Waals surface area contributed by atoms with E-state index in [1.807, 2.05) is 25.1 Å². The smallest absolute Gasteiger partial charge is 1.00 e. The predicted molar refractivity (Wildman–Crippen MR) is 56.4 cm³/mol. The van der Waals surface area contributed by atoms with Gasteiger partial charge in [0.05, 0.1) is 11.4 Å². The van der Waals surface area contributed by atoms with Crippen LogP contribution >= 0.6 is 12.2 Å². The van der Waals surface area contributed by atoms with Gasteiger partial charge in [-0.2, -0.15) is 5.10 Å². The Morgan fingerprint density at radius 1 is 1.44 bits per heavy atom. The molecule has 1 aromatic rings. The molecule has 0 aliphatic heterocycles. The van der Waals surface area contributed by atoms with Crippen molar-refractivity contribution in [2.24, 2.45) is 10.8 Å². The molecule has 1 aromatic heterocycles. The minimum absolute atomic E-state index is 0. The van der Waals surface area contributed by atoms with Crippen LogP contribution in [0.25, 0.3) is 0 Å². The fourth-order valence-corrected chi connectivity index (χ4v) is 0.819. The largest absolute Gasteiger partial charge is 2.00 e. The van der Waals surface area contributed by atoms with Gasteiger partial charge in [0.2, 0.25) is 0 Å². The van der Waals surface area contributed by atoms with Crippen molar-refractivity contribution in [2.75, 3.05) is 0 Å². The van der Waals surface area contributed by atoms with E-state index < -0.39 is 0 Å². The number of hydrogen-bond acceptors (Lipinski definition) is 3. The van der Waals surface area contributed by atoms with Gasteiger partial charge in [-0.05, 0) is 31.3 Å². The second-order valence-corrected chi connectivity index (χ2v) is 2.83. The number of thiocarbonyl (C=S) groups is 1. The third kappa shape index (κ3) is 7.84. The first-order valence-corrected chi connectivity index (χ1v) is 4.12. The van der Waals surface area contributed by atoms with E-state index >= 15 is 0 Å². The Kier molecular flexibility index (Phi) is 14.5. The van der Waals surface area contributed by atoms with Gasteiger partial charge in [0.1, 0.15) is 0 Å². The van der Waals surface area contributed by atoms with Crippen LogP contribution in [0.5, 0.6) is 0 Å². The van der Waals surface area contributed by atoms with E-state index in [2.05, 4.69) is 27.7 Å². The molecule has 0 fully saturated rings. The summed E-state index contributed by atoms with van der Waals surface area (Å²) in [6.07, 6.45) is 1.70. The van der Waals surface area contributed by atoms with Crippen molar-refractivity contribution in [1.82, 2.24) is 10.4 Å². The molecule has 0 amide bonds. The Bertz CT molecular complexity index is 334. The molecule has 1 heterocycles. The van der Waals surface area contributed by atoms with Gasteiger partial charge >= 0.3 is 17.1 Å². The minimum Gasteiger partial charge on any atom is -1.00 e. The van der Waals surface area contributed by atoms with Gasteiger partial charge in [-0.25, -0.2) is 0 Å². The molecule has 0 aliphatic carbocycles. The molecular weight excluding hydrogens is 310 g/mol. The first kappa shape index (κ1) is 21.0. The maximum absolute atomic E-state index is 5.21. The molecule has 1 rings (SSSR count). The summed E-state index contributed by atoms with van der Waals surface area (Å²) in [5.74, 6) is 0. The molecule has 16 heavy (non-hydrogen) atoms. The Hall–Kier alpha value is -0.391. The Morgan fingerprint density at radius 2 is 2.06 bits per heavy atom. The topological polar surface area (TPSA) is 63.3 Å². The average Bonchev–Trinajstić information content (AvgIpc) is 2.15. The van der Waals surface area contributed by atoms with Crippen LogP contribution in [-0.2, 0) is 17.1 Å². The van der Waals surface area contributed by atoms with Gasteiger partial charge in [0.15, 0.2) is 5.11 Å². The molecular formula is C8H10Cl2MnN4S. The van der Waals surface area contributed by atoms with E-state index in [1.165, 1.54) is 0 Å². The zero-order valence-electron chi connectivity index (χ0n) is 8.32. The molecule has 1 radical (unpaired) electrons. The summed E-state index contributed by atoms with van der Waals surface area (Å²) in [5, 5.41) is 4.08. The van der Waals surface area contributed by atoms with E-state index in [4.69, 9.17) is 5.73 Å². The maximum Gasteiger partial charge on any atom is 2.00 e. The summed E-state index contributed by atoms with van der Waals surface area (Å²) in [4.78, 5) is 4.10. The third-order valence-electron chi connectivity index (χ3n) is 1.37. The fourth-order valence-electron chi connectivity index (χ4n) is 0.773. The number of hydrogen-bond donors (Lipinski definition) is 2. The quantitative estimate of drug-likeness (QED) is 0.247. The molecule has 0 aliphatic rings. The van der Waals surface area contributed by atoms with Crippen LogP contribution in [0.15, 0.2) is 29.5 Å². The van der Waals surface area contributed by atoms with Crippen LogP contribution in [0.1, 0.15) is 12.6 Å². The van der Waals surface area contributed by atoms with Gasteiger partial charge < -0.3 is 30.5 Å². The number of halogens is 2. The summed E-state index contributed by atoms with van der Waals surface area (Å²) in [7, 11) is 0. The Labute approximate surface area is 123 Å². The molecule has 0 spiro atoms. The monoisotopic (exact) mass is 319 g/mol. The number of rotatable bonds is 2. The van der Waals surface area contributed by atoms with Crippen molar-refractivity contribution >= 4 is 23.0 Å². The van der Waals surface area contributed by atoms with Crippen LogP contribution < -0.4 is 36.0 Å². The van der Waals surface area contributed by atoms with Crippen LogP contribution in [0, 0.1) is 0 Å². The summed E-state index contributed by atoms with van der Waals surface area (Å²) in [6, 6.07) is 5.60. The summed E-state index contributed by atoms with van der Waals surface area (Å²) in [5.41, 5.74) is 9.25. The Balaban J connectivity index is -0.000000563.